The lowest BCUT2D eigenvalue weighted by Crippen LogP contribution is -2.32. The van der Waals surface area contributed by atoms with Gasteiger partial charge in [0.1, 0.15) is 0 Å². The summed E-state index contributed by atoms with van der Waals surface area (Å²) in [6, 6.07) is 6.71. The Labute approximate surface area is 168 Å². The van der Waals surface area contributed by atoms with Gasteiger partial charge in [0.15, 0.2) is 5.11 Å². The van der Waals surface area contributed by atoms with Gasteiger partial charge in [-0.1, -0.05) is 82.9 Å². The number of hydrazone groups is 1. The summed E-state index contributed by atoms with van der Waals surface area (Å²) in [5.74, 6) is -0.973. The second-order valence-electron chi connectivity index (χ2n) is 6.70. The third kappa shape index (κ3) is 11.4. The van der Waals surface area contributed by atoms with Gasteiger partial charge in [0, 0.05) is 12.1 Å². The number of unbranched alkanes of at least 4 members (excludes halogenated alkanes) is 9. The van der Waals surface area contributed by atoms with Gasteiger partial charge in [-0.2, -0.15) is 5.10 Å². The van der Waals surface area contributed by atoms with Gasteiger partial charge in [-0.3, -0.25) is 5.43 Å². The molecule has 0 aromatic heterocycles. The molecular formula is C21H33N3O2S. The van der Waals surface area contributed by atoms with E-state index in [9.17, 15) is 4.79 Å². The molecule has 0 atom stereocenters. The second-order valence-corrected chi connectivity index (χ2v) is 7.11. The lowest BCUT2D eigenvalue weighted by Gasteiger charge is -2.07. The van der Waals surface area contributed by atoms with Gasteiger partial charge >= 0.3 is 5.97 Å². The maximum atomic E-state index is 11.1. The molecule has 6 heteroatoms. The Morgan fingerprint density at radius 3 is 2.26 bits per heavy atom. The highest BCUT2D eigenvalue weighted by Gasteiger charge is 2.06. The van der Waals surface area contributed by atoms with Gasteiger partial charge < -0.3 is 10.4 Å². The minimum absolute atomic E-state index is 0.215. The number of carbonyl (C=O) groups is 1. The van der Waals surface area contributed by atoms with E-state index in [1.807, 2.05) is 0 Å². The molecule has 0 fully saturated rings. The maximum Gasteiger partial charge on any atom is 0.336 e. The van der Waals surface area contributed by atoms with Gasteiger partial charge in [0.05, 0.1) is 11.8 Å². The number of nitrogens with one attached hydrogen (secondary N) is 2. The summed E-state index contributed by atoms with van der Waals surface area (Å²) in [7, 11) is 0. The number of hydrogen-bond acceptors (Lipinski definition) is 3. The van der Waals surface area contributed by atoms with Crippen molar-refractivity contribution in [2.45, 2.75) is 71.1 Å². The Kier molecular flexibility index (Phi) is 12.9. The molecule has 0 aliphatic carbocycles. The van der Waals surface area contributed by atoms with Crippen molar-refractivity contribution in [3.05, 3.63) is 35.4 Å². The van der Waals surface area contributed by atoms with Crippen molar-refractivity contribution >= 4 is 29.5 Å². The SMILES string of the molecule is CCCCCCCCCCCCNC(=S)N/N=C/c1ccccc1C(=O)O. The van der Waals surface area contributed by atoms with Crippen LogP contribution in [0.15, 0.2) is 29.4 Å². The Hall–Kier alpha value is -1.95. The molecule has 1 rings (SSSR count). The zero-order chi connectivity index (χ0) is 19.7. The van der Waals surface area contributed by atoms with E-state index in [1.54, 1.807) is 24.3 Å². The largest absolute Gasteiger partial charge is 0.478 e. The van der Waals surface area contributed by atoms with Crippen LogP contribution in [-0.4, -0.2) is 28.9 Å². The van der Waals surface area contributed by atoms with Gasteiger partial charge in [-0.05, 0) is 24.7 Å². The number of thiocarbonyl (C=S) groups is 1. The molecule has 1 aromatic carbocycles. The fourth-order valence-electron chi connectivity index (χ4n) is 2.82. The van der Waals surface area contributed by atoms with Crippen molar-refractivity contribution in [2.75, 3.05) is 6.54 Å². The summed E-state index contributed by atoms with van der Waals surface area (Å²) in [4.78, 5) is 11.1. The van der Waals surface area contributed by atoms with E-state index in [2.05, 4.69) is 22.8 Å². The first-order valence-corrected chi connectivity index (χ1v) is 10.4. The van der Waals surface area contributed by atoms with Crippen LogP contribution >= 0.6 is 12.2 Å². The third-order valence-corrected chi connectivity index (χ3v) is 4.61. The average molecular weight is 392 g/mol. The zero-order valence-electron chi connectivity index (χ0n) is 16.4. The molecule has 1 aromatic rings. The highest BCUT2D eigenvalue weighted by atomic mass is 32.1. The molecule has 5 nitrogen and oxygen atoms in total. The van der Waals surface area contributed by atoms with Crippen LogP contribution in [0.2, 0.25) is 0 Å². The van der Waals surface area contributed by atoms with E-state index in [4.69, 9.17) is 17.3 Å². The van der Waals surface area contributed by atoms with Crippen LogP contribution in [-0.2, 0) is 0 Å². The quantitative estimate of drug-likeness (QED) is 0.178. The first kappa shape index (κ1) is 23.1. The van der Waals surface area contributed by atoms with E-state index < -0.39 is 5.97 Å². The summed E-state index contributed by atoms with van der Waals surface area (Å²) in [5, 5.41) is 16.7. The lowest BCUT2D eigenvalue weighted by atomic mass is 10.1. The fourth-order valence-corrected chi connectivity index (χ4v) is 2.97. The van der Waals surface area contributed by atoms with Crippen LogP contribution in [0.4, 0.5) is 0 Å². The molecule has 27 heavy (non-hydrogen) atoms. The smallest absolute Gasteiger partial charge is 0.336 e. The molecule has 0 saturated heterocycles. The predicted molar refractivity (Wildman–Crippen MR) is 117 cm³/mol. The summed E-state index contributed by atoms with van der Waals surface area (Å²) < 4.78 is 0. The van der Waals surface area contributed by atoms with Crippen molar-refractivity contribution in [3.63, 3.8) is 0 Å². The number of nitrogens with zero attached hydrogens (tertiary/aromatic N) is 1. The van der Waals surface area contributed by atoms with E-state index in [0.717, 1.165) is 13.0 Å². The number of carboxylic acid groups (broad SMARTS) is 1. The zero-order valence-corrected chi connectivity index (χ0v) is 17.2. The molecule has 0 bridgehead atoms. The normalized spacial score (nSPS) is 10.9. The van der Waals surface area contributed by atoms with Crippen molar-refractivity contribution in [1.29, 1.82) is 0 Å². The predicted octanol–water partition coefficient (Wildman–Crippen LogP) is 5.10. The van der Waals surface area contributed by atoms with Crippen LogP contribution in [0.25, 0.3) is 0 Å². The molecule has 0 aliphatic rings. The summed E-state index contributed by atoms with van der Waals surface area (Å²) in [5.41, 5.74) is 3.48. The molecule has 0 saturated carbocycles. The average Bonchev–Trinajstić information content (AvgIpc) is 2.66. The molecule has 0 heterocycles. The van der Waals surface area contributed by atoms with Crippen molar-refractivity contribution < 1.29 is 9.90 Å². The molecule has 0 radical (unpaired) electrons. The number of carboxylic acids is 1. The van der Waals surface area contributed by atoms with E-state index >= 15 is 0 Å². The van der Waals surface area contributed by atoms with Crippen LogP contribution in [0.1, 0.15) is 87.1 Å². The Morgan fingerprint density at radius 1 is 1.04 bits per heavy atom. The van der Waals surface area contributed by atoms with E-state index in [0.29, 0.717) is 10.7 Å². The minimum Gasteiger partial charge on any atom is -0.478 e. The van der Waals surface area contributed by atoms with E-state index in [1.165, 1.54) is 64.0 Å². The van der Waals surface area contributed by atoms with Gasteiger partial charge in [-0.25, -0.2) is 4.79 Å². The van der Waals surface area contributed by atoms with Crippen LogP contribution < -0.4 is 10.7 Å². The van der Waals surface area contributed by atoms with Crippen LogP contribution in [0.3, 0.4) is 0 Å². The third-order valence-electron chi connectivity index (χ3n) is 4.38. The highest BCUT2D eigenvalue weighted by molar-refractivity contribution is 7.80. The van der Waals surface area contributed by atoms with E-state index in [-0.39, 0.29) is 5.56 Å². The molecule has 0 amide bonds. The summed E-state index contributed by atoms with van der Waals surface area (Å²) in [6.07, 6.45) is 14.5. The topological polar surface area (TPSA) is 73.7 Å². The molecule has 0 spiro atoms. The maximum absolute atomic E-state index is 11.1. The van der Waals surface area contributed by atoms with Gasteiger partial charge in [0.2, 0.25) is 0 Å². The molecule has 150 valence electrons. The lowest BCUT2D eigenvalue weighted by molar-refractivity contribution is 0.0697. The van der Waals surface area contributed by atoms with Gasteiger partial charge in [-0.15, -0.1) is 0 Å². The summed E-state index contributed by atoms with van der Waals surface area (Å²) in [6.45, 7) is 3.07. The fraction of sp³-hybridized carbons (Fsp3) is 0.571. The van der Waals surface area contributed by atoms with Crippen molar-refractivity contribution in [3.8, 4) is 0 Å². The standard InChI is InChI=1S/C21H33N3O2S/c1-2-3-4-5-6-7-8-9-10-13-16-22-21(27)24-23-17-18-14-11-12-15-19(18)20(25)26/h11-12,14-15,17H,2-10,13,16H2,1H3,(H,25,26)(H2,22,24,27)/b23-17+. The highest BCUT2D eigenvalue weighted by Crippen LogP contribution is 2.10. The molecule has 0 unspecified atom stereocenters. The first-order valence-electron chi connectivity index (χ1n) is 10.0. The first-order chi connectivity index (χ1) is 13.1. The molecule has 3 N–H and O–H groups in total. The number of benzene rings is 1. The Bertz CT molecular complexity index is 591. The number of rotatable bonds is 14. The minimum atomic E-state index is -0.973. The Morgan fingerprint density at radius 2 is 1.63 bits per heavy atom. The number of hydrogen-bond donors (Lipinski definition) is 3. The summed E-state index contributed by atoms with van der Waals surface area (Å²) >= 11 is 5.17. The van der Waals surface area contributed by atoms with Crippen molar-refractivity contribution in [1.82, 2.24) is 10.7 Å². The molecule has 0 aliphatic heterocycles. The Balaban J connectivity index is 2.06. The monoisotopic (exact) mass is 391 g/mol. The van der Waals surface area contributed by atoms with Crippen molar-refractivity contribution in [2.24, 2.45) is 5.10 Å². The van der Waals surface area contributed by atoms with Crippen LogP contribution in [0.5, 0.6) is 0 Å². The molecular weight excluding hydrogens is 358 g/mol. The second kappa shape index (κ2) is 15.1. The number of aromatic carboxylic acids is 1. The van der Waals surface area contributed by atoms with Crippen LogP contribution in [0, 0.1) is 0 Å². The van der Waals surface area contributed by atoms with Gasteiger partial charge in [0.25, 0.3) is 0 Å².